The van der Waals surface area contributed by atoms with E-state index in [0.717, 1.165) is 23.7 Å². The Kier molecular flexibility index (Phi) is 2.53. The van der Waals surface area contributed by atoms with E-state index in [0.29, 0.717) is 0 Å². The number of allylic oxidation sites excluding steroid dienone is 6. The fourth-order valence-corrected chi connectivity index (χ4v) is 3.85. The van der Waals surface area contributed by atoms with Crippen molar-refractivity contribution in [3.8, 4) is 0 Å². The first-order valence-electron chi connectivity index (χ1n) is 6.78. The Bertz CT molecular complexity index is 369. The summed E-state index contributed by atoms with van der Waals surface area (Å²) in [5, 5.41) is 0. The maximum Gasteiger partial charge on any atom is -0.0168 e. The van der Waals surface area contributed by atoms with Crippen LogP contribution in [0, 0.1) is 23.7 Å². The fourth-order valence-electron chi connectivity index (χ4n) is 3.85. The van der Waals surface area contributed by atoms with Crippen molar-refractivity contribution in [2.45, 2.75) is 39.5 Å². The second-order valence-corrected chi connectivity index (χ2v) is 5.88. The summed E-state index contributed by atoms with van der Waals surface area (Å²) >= 11 is 0. The van der Waals surface area contributed by atoms with Crippen molar-refractivity contribution >= 4 is 0 Å². The van der Waals surface area contributed by atoms with Crippen molar-refractivity contribution in [3.05, 3.63) is 35.5 Å². The smallest absolute Gasteiger partial charge is 0.0168 e. The molecule has 0 aromatic heterocycles. The summed E-state index contributed by atoms with van der Waals surface area (Å²) < 4.78 is 0. The molecule has 2 fully saturated rings. The Morgan fingerprint density at radius 3 is 2.69 bits per heavy atom. The van der Waals surface area contributed by atoms with Gasteiger partial charge in [-0.25, -0.2) is 0 Å². The van der Waals surface area contributed by atoms with Crippen LogP contribution in [0.1, 0.15) is 39.5 Å². The lowest BCUT2D eigenvalue weighted by atomic mass is 9.73. The van der Waals surface area contributed by atoms with E-state index in [1.54, 1.807) is 5.57 Å². The molecule has 0 heterocycles. The van der Waals surface area contributed by atoms with Crippen LogP contribution < -0.4 is 0 Å². The highest BCUT2D eigenvalue weighted by atomic mass is 14.5. The Hall–Kier alpha value is -0.780. The van der Waals surface area contributed by atoms with Crippen LogP contribution in [-0.2, 0) is 0 Å². The van der Waals surface area contributed by atoms with Crippen molar-refractivity contribution in [2.24, 2.45) is 23.7 Å². The van der Waals surface area contributed by atoms with Gasteiger partial charge in [-0.05, 0) is 63.2 Å². The van der Waals surface area contributed by atoms with Gasteiger partial charge in [0.15, 0.2) is 0 Å². The van der Waals surface area contributed by atoms with E-state index in [9.17, 15) is 0 Å². The van der Waals surface area contributed by atoms with Gasteiger partial charge >= 0.3 is 0 Å². The standard InChI is InChI=1S/C16H22/c1-3-11(2)7-13-8-15-9-14(13)10-16(15)12-5-4-6-12/h3-5,7,12,14-16H,6,8-10H2,1-2H3. The Balaban J connectivity index is 1.70. The highest BCUT2D eigenvalue weighted by Crippen LogP contribution is 2.55. The minimum absolute atomic E-state index is 0.930. The predicted octanol–water partition coefficient (Wildman–Crippen LogP) is 4.50. The van der Waals surface area contributed by atoms with Crippen molar-refractivity contribution < 1.29 is 0 Å². The summed E-state index contributed by atoms with van der Waals surface area (Å²) in [5.41, 5.74) is 3.20. The molecule has 86 valence electrons. The van der Waals surface area contributed by atoms with Gasteiger partial charge in [0.25, 0.3) is 0 Å². The summed E-state index contributed by atoms with van der Waals surface area (Å²) in [6, 6.07) is 0. The van der Waals surface area contributed by atoms with E-state index in [1.165, 1.54) is 31.3 Å². The third-order valence-electron chi connectivity index (χ3n) is 4.98. The molecule has 0 radical (unpaired) electrons. The van der Waals surface area contributed by atoms with Crippen molar-refractivity contribution in [1.29, 1.82) is 0 Å². The first-order chi connectivity index (χ1) is 7.78. The van der Waals surface area contributed by atoms with Crippen LogP contribution in [0.5, 0.6) is 0 Å². The second-order valence-electron chi connectivity index (χ2n) is 5.88. The molecule has 0 heteroatoms. The molecule has 0 amide bonds. The Labute approximate surface area is 99.1 Å². The third-order valence-corrected chi connectivity index (χ3v) is 4.98. The second kappa shape index (κ2) is 3.91. The molecule has 3 aliphatic carbocycles. The van der Waals surface area contributed by atoms with Crippen molar-refractivity contribution in [2.75, 3.05) is 0 Å². The van der Waals surface area contributed by atoms with Gasteiger partial charge in [0.05, 0.1) is 0 Å². The van der Waals surface area contributed by atoms with Gasteiger partial charge in [0, 0.05) is 0 Å². The minimum atomic E-state index is 0.930. The molecule has 0 aromatic carbocycles. The summed E-state index contributed by atoms with van der Waals surface area (Å²) in [7, 11) is 0. The van der Waals surface area contributed by atoms with Crippen LogP contribution in [0.4, 0.5) is 0 Å². The molecule has 3 rings (SSSR count). The highest BCUT2D eigenvalue weighted by Gasteiger charge is 2.45. The zero-order valence-electron chi connectivity index (χ0n) is 10.4. The van der Waals surface area contributed by atoms with E-state index < -0.39 is 0 Å². The average Bonchev–Trinajstić information content (AvgIpc) is 2.74. The number of fused-ring (bicyclic) bond motifs is 2. The number of hydrogen-bond acceptors (Lipinski definition) is 0. The molecule has 0 saturated heterocycles. The lowest BCUT2D eigenvalue weighted by Gasteiger charge is -2.32. The maximum absolute atomic E-state index is 2.46. The quantitative estimate of drug-likeness (QED) is 0.594. The van der Waals surface area contributed by atoms with Gasteiger partial charge in [0.2, 0.25) is 0 Å². The Morgan fingerprint density at radius 1 is 1.38 bits per heavy atom. The SMILES string of the molecule is CC=C(C)C=C1CC2CC1CC2C1C=CC1. The molecule has 4 unspecified atom stereocenters. The molecule has 0 N–H and O–H groups in total. The third kappa shape index (κ3) is 1.59. The monoisotopic (exact) mass is 214 g/mol. The highest BCUT2D eigenvalue weighted by molar-refractivity contribution is 5.28. The molecule has 0 spiro atoms. The van der Waals surface area contributed by atoms with Crippen LogP contribution >= 0.6 is 0 Å². The summed E-state index contributed by atoms with van der Waals surface area (Å²) in [4.78, 5) is 0. The topological polar surface area (TPSA) is 0 Å². The van der Waals surface area contributed by atoms with Crippen molar-refractivity contribution in [3.63, 3.8) is 0 Å². The van der Waals surface area contributed by atoms with Crippen molar-refractivity contribution in [1.82, 2.24) is 0 Å². The van der Waals surface area contributed by atoms with E-state index in [2.05, 4.69) is 38.2 Å². The molecule has 16 heavy (non-hydrogen) atoms. The summed E-state index contributed by atoms with van der Waals surface area (Å²) in [6.45, 7) is 4.37. The molecule has 0 aliphatic heterocycles. The number of rotatable bonds is 2. The fraction of sp³-hybridized carbons (Fsp3) is 0.625. The molecular weight excluding hydrogens is 192 g/mol. The van der Waals surface area contributed by atoms with E-state index in [-0.39, 0.29) is 0 Å². The largest absolute Gasteiger partial charge is 0.0876 e. The van der Waals surface area contributed by atoms with Gasteiger partial charge in [-0.3, -0.25) is 0 Å². The van der Waals surface area contributed by atoms with E-state index in [1.807, 2.05) is 0 Å². The van der Waals surface area contributed by atoms with Crippen LogP contribution in [0.15, 0.2) is 35.5 Å². The molecule has 3 aliphatic rings. The molecule has 0 nitrogen and oxygen atoms in total. The van der Waals surface area contributed by atoms with E-state index in [4.69, 9.17) is 0 Å². The van der Waals surface area contributed by atoms with Crippen LogP contribution in [0.3, 0.4) is 0 Å². The van der Waals surface area contributed by atoms with Crippen LogP contribution in [0.25, 0.3) is 0 Å². The van der Waals surface area contributed by atoms with Gasteiger partial charge in [-0.1, -0.05) is 35.5 Å². The molecule has 2 saturated carbocycles. The first kappa shape index (κ1) is 10.4. The average molecular weight is 214 g/mol. The van der Waals surface area contributed by atoms with Gasteiger partial charge in [0.1, 0.15) is 0 Å². The first-order valence-corrected chi connectivity index (χ1v) is 6.78. The zero-order valence-corrected chi connectivity index (χ0v) is 10.4. The molecular formula is C16H22. The normalized spacial score (nSPS) is 44.1. The molecule has 4 atom stereocenters. The van der Waals surface area contributed by atoms with Crippen LogP contribution in [0.2, 0.25) is 0 Å². The summed E-state index contributed by atoms with van der Waals surface area (Å²) in [5.74, 6) is 3.91. The van der Waals surface area contributed by atoms with Crippen LogP contribution in [-0.4, -0.2) is 0 Å². The Morgan fingerprint density at radius 2 is 2.19 bits per heavy atom. The van der Waals surface area contributed by atoms with E-state index >= 15 is 0 Å². The number of hydrogen-bond donors (Lipinski definition) is 0. The molecule has 2 bridgehead atoms. The van der Waals surface area contributed by atoms with Gasteiger partial charge in [-0.15, -0.1) is 0 Å². The van der Waals surface area contributed by atoms with Gasteiger partial charge in [-0.2, -0.15) is 0 Å². The summed E-state index contributed by atoms with van der Waals surface area (Å²) in [6.07, 6.45) is 15.2. The predicted molar refractivity (Wildman–Crippen MR) is 69.1 cm³/mol. The molecule has 0 aromatic rings. The minimum Gasteiger partial charge on any atom is -0.0876 e. The lowest BCUT2D eigenvalue weighted by Crippen LogP contribution is -2.23. The zero-order chi connectivity index (χ0) is 11.1. The maximum atomic E-state index is 2.46. The lowest BCUT2D eigenvalue weighted by molar-refractivity contribution is 0.275. The van der Waals surface area contributed by atoms with Gasteiger partial charge < -0.3 is 0 Å².